The smallest absolute Gasteiger partial charge is 0.244 e. The Morgan fingerprint density at radius 1 is 1.16 bits per heavy atom. The number of halogens is 1. The van der Waals surface area contributed by atoms with Gasteiger partial charge in [0, 0.05) is 6.26 Å². The van der Waals surface area contributed by atoms with E-state index in [2.05, 4.69) is 4.98 Å². The Hall–Kier alpha value is -1.79. The number of benzene rings is 1. The van der Waals surface area contributed by atoms with Crippen LogP contribution >= 0.6 is 11.6 Å². The zero-order valence-electron chi connectivity index (χ0n) is 10.00. The van der Waals surface area contributed by atoms with E-state index >= 15 is 0 Å². The second kappa shape index (κ2) is 5.07. The lowest BCUT2D eigenvalue weighted by Crippen LogP contribution is -1.98. The predicted molar refractivity (Wildman–Crippen MR) is 73.3 cm³/mol. The van der Waals surface area contributed by atoms with Crippen LogP contribution in [-0.2, 0) is 9.84 Å². The van der Waals surface area contributed by atoms with E-state index in [1.807, 2.05) is 0 Å². The fourth-order valence-electron chi connectivity index (χ4n) is 1.38. The van der Waals surface area contributed by atoms with Gasteiger partial charge >= 0.3 is 0 Å². The molecule has 0 saturated heterocycles. The van der Waals surface area contributed by atoms with Crippen LogP contribution in [0.15, 0.2) is 41.3 Å². The summed E-state index contributed by atoms with van der Waals surface area (Å²) in [5.41, 5.74) is 6.04. The Morgan fingerprint density at radius 2 is 1.79 bits per heavy atom. The molecular weight excluding hydrogens is 288 g/mol. The maximum atomic E-state index is 11.3. The van der Waals surface area contributed by atoms with Gasteiger partial charge in [-0.2, -0.15) is 4.98 Å². The first-order chi connectivity index (χ1) is 8.86. The first-order valence-electron chi connectivity index (χ1n) is 5.26. The molecule has 1 aromatic heterocycles. The van der Waals surface area contributed by atoms with E-state index in [1.165, 1.54) is 24.3 Å². The zero-order chi connectivity index (χ0) is 14.0. The monoisotopic (exact) mass is 298 g/mol. The molecule has 0 spiro atoms. The largest absolute Gasteiger partial charge is 0.437 e. The molecule has 0 saturated carbocycles. The van der Waals surface area contributed by atoms with E-state index in [4.69, 9.17) is 22.1 Å². The van der Waals surface area contributed by atoms with E-state index in [9.17, 15) is 8.42 Å². The van der Waals surface area contributed by atoms with Gasteiger partial charge in [0.25, 0.3) is 0 Å². The summed E-state index contributed by atoms with van der Waals surface area (Å²) in [4.78, 5) is 4.15. The molecule has 0 atom stereocenters. The van der Waals surface area contributed by atoms with Crippen LogP contribution in [0.1, 0.15) is 0 Å². The van der Waals surface area contributed by atoms with Crippen LogP contribution < -0.4 is 10.5 Å². The highest BCUT2D eigenvalue weighted by molar-refractivity contribution is 7.90. The van der Waals surface area contributed by atoms with Crippen molar-refractivity contribution < 1.29 is 13.2 Å². The van der Waals surface area contributed by atoms with Crippen molar-refractivity contribution in [1.82, 2.24) is 4.98 Å². The maximum absolute atomic E-state index is 11.3. The highest BCUT2D eigenvalue weighted by atomic mass is 35.5. The number of nitrogens with two attached hydrogens (primary N) is 1. The molecule has 0 fully saturated rings. The maximum Gasteiger partial charge on any atom is 0.244 e. The van der Waals surface area contributed by atoms with Gasteiger partial charge in [0.15, 0.2) is 9.84 Å². The number of nitrogens with zero attached hydrogens (tertiary/aromatic N) is 1. The van der Waals surface area contributed by atoms with Gasteiger partial charge in [-0.15, -0.1) is 0 Å². The average molecular weight is 299 g/mol. The molecule has 0 bridgehead atoms. The number of hydrogen-bond acceptors (Lipinski definition) is 5. The summed E-state index contributed by atoms with van der Waals surface area (Å²) >= 11 is 5.74. The first-order valence-corrected chi connectivity index (χ1v) is 7.53. The molecule has 7 heteroatoms. The van der Waals surface area contributed by atoms with E-state index in [-0.39, 0.29) is 15.9 Å². The van der Waals surface area contributed by atoms with E-state index in [1.54, 1.807) is 12.1 Å². The molecule has 19 heavy (non-hydrogen) atoms. The first kappa shape index (κ1) is 13.6. The van der Waals surface area contributed by atoms with Crippen LogP contribution in [0.2, 0.25) is 5.15 Å². The van der Waals surface area contributed by atoms with Crippen LogP contribution in [0, 0.1) is 0 Å². The van der Waals surface area contributed by atoms with Crippen molar-refractivity contribution in [3.8, 4) is 11.6 Å². The lowest BCUT2D eigenvalue weighted by Gasteiger charge is -2.07. The van der Waals surface area contributed by atoms with Gasteiger partial charge in [-0.1, -0.05) is 11.6 Å². The summed E-state index contributed by atoms with van der Waals surface area (Å²) in [6.45, 7) is 0. The Balaban J connectivity index is 2.27. The fourth-order valence-corrected chi connectivity index (χ4v) is 2.15. The summed E-state index contributed by atoms with van der Waals surface area (Å²) in [5.74, 6) is 0.605. The van der Waals surface area contributed by atoms with Crippen LogP contribution in [0.4, 0.5) is 5.69 Å². The molecule has 0 aliphatic rings. The molecule has 2 N–H and O–H groups in total. The van der Waals surface area contributed by atoms with Crippen molar-refractivity contribution in [3.63, 3.8) is 0 Å². The summed E-state index contributed by atoms with van der Waals surface area (Å²) in [7, 11) is -3.22. The quantitative estimate of drug-likeness (QED) is 0.880. The highest BCUT2D eigenvalue weighted by Crippen LogP contribution is 2.27. The number of nitrogen functional groups attached to an aromatic ring is 1. The normalized spacial score (nSPS) is 11.3. The van der Waals surface area contributed by atoms with Gasteiger partial charge in [0.05, 0.1) is 10.6 Å². The van der Waals surface area contributed by atoms with Crippen molar-refractivity contribution in [2.75, 3.05) is 12.0 Å². The molecule has 0 unspecified atom stereocenters. The standard InChI is InChI=1S/C12H11ClN2O3S/c1-19(16,17)9-4-2-8(3-5-9)18-12-10(14)6-7-11(13)15-12/h2-7H,14H2,1H3. The van der Waals surface area contributed by atoms with Gasteiger partial charge in [-0.3, -0.25) is 0 Å². The van der Waals surface area contributed by atoms with E-state index < -0.39 is 9.84 Å². The van der Waals surface area contributed by atoms with Gasteiger partial charge in [0.1, 0.15) is 10.9 Å². The molecular formula is C12H11ClN2O3S. The van der Waals surface area contributed by atoms with Crippen molar-refractivity contribution in [2.45, 2.75) is 4.90 Å². The third-order valence-electron chi connectivity index (χ3n) is 2.32. The third kappa shape index (κ3) is 3.36. The second-order valence-corrected chi connectivity index (χ2v) is 6.28. The second-order valence-electron chi connectivity index (χ2n) is 3.87. The molecule has 0 aliphatic carbocycles. The third-order valence-corrected chi connectivity index (χ3v) is 3.66. The van der Waals surface area contributed by atoms with Gasteiger partial charge in [-0.25, -0.2) is 8.42 Å². The minimum absolute atomic E-state index is 0.180. The zero-order valence-corrected chi connectivity index (χ0v) is 11.6. The fraction of sp³-hybridized carbons (Fsp3) is 0.0833. The molecule has 0 amide bonds. The van der Waals surface area contributed by atoms with Crippen LogP contribution in [-0.4, -0.2) is 19.7 Å². The van der Waals surface area contributed by atoms with Crippen molar-refractivity contribution in [1.29, 1.82) is 0 Å². The number of hydrogen-bond donors (Lipinski definition) is 1. The van der Waals surface area contributed by atoms with E-state index in [0.717, 1.165) is 6.26 Å². The van der Waals surface area contributed by atoms with Crippen molar-refractivity contribution in [2.24, 2.45) is 0 Å². The van der Waals surface area contributed by atoms with Gasteiger partial charge in [-0.05, 0) is 36.4 Å². The predicted octanol–water partition coefficient (Wildman–Crippen LogP) is 2.51. The van der Waals surface area contributed by atoms with Crippen molar-refractivity contribution >= 4 is 27.1 Å². The van der Waals surface area contributed by atoms with E-state index in [0.29, 0.717) is 11.4 Å². The summed E-state index contributed by atoms with van der Waals surface area (Å²) < 4.78 is 28.1. The Bertz CT molecular complexity index is 699. The summed E-state index contributed by atoms with van der Waals surface area (Å²) in [6, 6.07) is 9.08. The molecule has 0 aliphatic heterocycles. The molecule has 1 heterocycles. The SMILES string of the molecule is CS(=O)(=O)c1ccc(Oc2nc(Cl)ccc2N)cc1. The highest BCUT2D eigenvalue weighted by Gasteiger charge is 2.08. The molecule has 2 aromatic rings. The number of aromatic nitrogens is 1. The number of sulfone groups is 1. The minimum atomic E-state index is -3.22. The van der Waals surface area contributed by atoms with Gasteiger partial charge < -0.3 is 10.5 Å². The molecule has 0 radical (unpaired) electrons. The molecule has 1 aromatic carbocycles. The Kier molecular flexibility index (Phi) is 3.64. The van der Waals surface area contributed by atoms with Crippen molar-refractivity contribution in [3.05, 3.63) is 41.6 Å². The average Bonchev–Trinajstić information content (AvgIpc) is 2.33. The number of ether oxygens (including phenoxy) is 1. The topological polar surface area (TPSA) is 82.3 Å². The minimum Gasteiger partial charge on any atom is -0.437 e. The number of pyridine rings is 1. The molecule has 2 rings (SSSR count). The Morgan fingerprint density at radius 3 is 2.37 bits per heavy atom. The number of rotatable bonds is 3. The van der Waals surface area contributed by atoms with Crippen LogP contribution in [0.3, 0.4) is 0 Å². The molecule has 100 valence electrons. The summed E-state index contributed by atoms with van der Waals surface area (Å²) in [5, 5.41) is 0.261. The Labute approximate surface area is 115 Å². The summed E-state index contributed by atoms with van der Waals surface area (Å²) in [6.07, 6.45) is 1.14. The van der Waals surface area contributed by atoms with Gasteiger partial charge in [0.2, 0.25) is 5.88 Å². The van der Waals surface area contributed by atoms with Crippen LogP contribution in [0.25, 0.3) is 0 Å². The van der Waals surface area contributed by atoms with Crippen LogP contribution in [0.5, 0.6) is 11.6 Å². The lowest BCUT2D eigenvalue weighted by molar-refractivity contribution is 0.465. The molecule has 5 nitrogen and oxygen atoms in total. The lowest BCUT2D eigenvalue weighted by atomic mass is 10.3. The number of anilines is 1.